The molecule has 0 atom stereocenters. The van der Waals surface area contributed by atoms with Gasteiger partial charge < -0.3 is 0 Å². The Labute approximate surface area is 114 Å². The van der Waals surface area contributed by atoms with Gasteiger partial charge in [-0.15, -0.1) is 0 Å². The number of fused-ring (bicyclic) bond motifs is 2. The first-order valence-corrected chi connectivity index (χ1v) is 5.99. The lowest BCUT2D eigenvalue weighted by Crippen LogP contribution is -2.22. The van der Waals surface area contributed by atoms with Gasteiger partial charge in [-0.25, -0.2) is 0 Å². The van der Waals surface area contributed by atoms with Gasteiger partial charge in [-0.05, 0) is 13.0 Å². The number of rotatable bonds is 1. The van der Waals surface area contributed by atoms with Crippen LogP contribution < -0.4 is 0 Å². The van der Waals surface area contributed by atoms with Crippen LogP contribution in [0.3, 0.4) is 0 Å². The first kappa shape index (κ1) is 12.2. The molecule has 0 fully saturated rings. The van der Waals surface area contributed by atoms with Crippen molar-refractivity contribution in [1.29, 1.82) is 0 Å². The maximum Gasteiger partial charge on any atom is 0.273 e. The second-order valence-electron chi connectivity index (χ2n) is 4.59. The fourth-order valence-corrected chi connectivity index (χ4v) is 2.54. The van der Waals surface area contributed by atoms with E-state index in [9.17, 15) is 19.7 Å². The zero-order valence-electron chi connectivity index (χ0n) is 10.5. The molecule has 0 heterocycles. The van der Waals surface area contributed by atoms with Crippen molar-refractivity contribution in [1.82, 2.24) is 0 Å². The third kappa shape index (κ3) is 1.50. The maximum atomic E-state index is 12.5. The predicted octanol–water partition coefficient (Wildman–Crippen LogP) is 2.68. The lowest BCUT2D eigenvalue weighted by atomic mass is 9.82. The maximum absolute atomic E-state index is 12.5. The van der Waals surface area contributed by atoms with Crippen LogP contribution in [0.25, 0.3) is 0 Å². The van der Waals surface area contributed by atoms with Gasteiger partial charge in [0.25, 0.3) is 5.69 Å². The van der Waals surface area contributed by atoms with E-state index in [1.165, 1.54) is 19.1 Å². The van der Waals surface area contributed by atoms with Gasteiger partial charge >= 0.3 is 0 Å². The van der Waals surface area contributed by atoms with Gasteiger partial charge in [-0.2, -0.15) is 0 Å². The van der Waals surface area contributed by atoms with Crippen LogP contribution in [0, 0.1) is 17.0 Å². The molecule has 0 saturated carbocycles. The Morgan fingerprint density at radius 1 is 0.900 bits per heavy atom. The summed E-state index contributed by atoms with van der Waals surface area (Å²) in [5, 5.41) is 11.0. The molecule has 0 spiro atoms. The molecule has 1 aliphatic rings. The van der Waals surface area contributed by atoms with Crippen molar-refractivity contribution in [3.05, 3.63) is 74.3 Å². The molecule has 3 rings (SSSR count). The van der Waals surface area contributed by atoms with Crippen LogP contribution in [-0.2, 0) is 0 Å². The number of ketones is 2. The summed E-state index contributed by atoms with van der Waals surface area (Å²) in [4.78, 5) is 35.2. The average molecular weight is 267 g/mol. The van der Waals surface area contributed by atoms with Gasteiger partial charge in [0, 0.05) is 33.9 Å². The topological polar surface area (TPSA) is 77.3 Å². The number of benzene rings is 2. The third-order valence-corrected chi connectivity index (χ3v) is 3.52. The second-order valence-corrected chi connectivity index (χ2v) is 4.59. The number of nitro benzene ring substituents is 1. The molecule has 5 heteroatoms. The van der Waals surface area contributed by atoms with Crippen LogP contribution in [-0.4, -0.2) is 16.5 Å². The molecule has 5 nitrogen and oxygen atoms in total. The second kappa shape index (κ2) is 4.09. The molecule has 0 bridgehead atoms. The fourth-order valence-electron chi connectivity index (χ4n) is 2.54. The lowest BCUT2D eigenvalue weighted by molar-refractivity contribution is -0.385. The van der Waals surface area contributed by atoms with Crippen LogP contribution in [0.4, 0.5) is 5.69 Å². The summed E-state index contributed by atoms with van der Waals surface area (Å²) in [7, 11) is 0. The number of nitro groups is 1. The van der Waals surface area contributed by atoms with E-state index in [1.54, 1.807) is 24.3 Å². The molecular formula is C15H9NO4. The Kier molecular flexibility index (Phi) is 2.50. The van der Waals surface area contributed by atoms with Gasteiger partial charge in [-0.1, -0.05) is 24.3 Å². The van der Waals surface area contributed by atoms with Gasteiger partial charge in [0.15, 0.2) is 11.6 Å². The fraction of sp³-hybridized carbons (Fsp3) is 0.0667. The lowest BCUT2D eigenvalue weighted by Gasteiger charge is -2.18. The first-order chi connectivity index (χ1) is 9.52. The van der Waals surface area contributed by atoms with E-state index in [-0.39, 0.29) is 33.9 Å². The van der Waals surface area contributed by atoms with E-state index in [4.69, 9.17) is 0 Å². The highest BCUT2D eigenvalue weighted by atomic mass is 16.6. The van der Waals surface area contributed by atoms with Crippen molar-refractivity contribution in [3.8, 4) is 0 Å². The number of carbonyl (C=O) groups is 2. The summed E-state index contributed by atoms with van der Waals surface area (Å²) < 4.78 is 0. The van der Waals surface area contributed by atoms with Crippen LogP contribution >= 0.6 is 0 Å². The number of hydrogen-bond acceptors (Lipinski definition) is 4. The van der Waals surface area contributed by atoms with Crippen LogP contribution in [0.2, 0.25) is 0 Å². The smallest absolute Gasteiger partial charge is 0.273 e. The van der Waals surface area contributed by atoms with E-state index in [0.29, 0.717) is 11.1 Å². The van der Waals surface area contributed by atoms with E-state index >= 15 is 0 Å². The molecule has 0 aliphatic heterocycles. The van der Waals surface area contributed by atoms with Crippen LogP contribution in [0.15, 0.2) is 36.4 Å². The van der Waals surface area contributed by atoms with Gasteiger partial charge in [0.05, 0.1) is 4.92 Å². The Hall–Kier alpha value is -2.82. The molecule has 0 unspecified atom stereocenters. The molecule has 0 amide bonds. The highest BCUT2D eigenvalue weighted by molar-refractivity contribution is 6.29. The van der Waals surface area contributed by atoms with Crippen molar-refractivity contribution in [2.75, 3.05) is 0 Å². The minimum absolute atomic E-state index is 0.142. The largest absolute Gasteiger partial charge is 0.289 e. The monoisotopic (exact) mass is 267 g/mol. The molecule has 0 saturated heterocycles. The van der Waals surface area contributed by atoms with E-state index in [2.05, 4.69) is 0 Å². The SMILES string of the molecule is Cc1c([N+](=O)[O-])ccc2c1C(=O)c1ccccc1C2=O. The molecular weight excluding hydrogens is 258 g/mol. The molecule has 2 aromatic carbocycles. The zero-order chi connectivity index (χ0) is 14.4. The van der Waals surface area contributed by atoms with E-state index < -0.39 is 4.92 Å². The summed E-state index contributed by atoms with van der Waals surface area (Å²) in [6, 6.07) is 9.14. The predicted molar refractivity (Wildman–Crippen MR) is 71.1 cm³/mol. The van der Waals surface area contributed by atoms with Crippen molar-refractivity contribution in [3.63, 3.8) is 0 Å². The standard InChI is InChI=1S/C15H9NO4/c1-8-12(16(19)20)7-6-11-13(8)15(18)10-5-3-2-4-9(10)14(11)17/h2-7H,1H3. The quantitative estimate of drug-likeness (QED) is 0.501. The first-order valence-electron chi connectivity index (χ1n) is 5.99. The summed E-state index contributed by atoms with van der Waals surface area (Å²) in [6.45, 7) is 1.50. The normalized spacial score (nSPS) is 12.8. The van der Waals surface area contributed by atoms with Gasteiger partial charge in [-0.3, -0.25) is 19.7 Å². The summed E-state index contributed by atoms with van der Waals surface area (Å²) >= 11 is 0. The zero-order valence-corrected chi connectivity index (χ0v) is 10.5. The van der Waals surface area contributed by atoms with Crippen LogP contribution in [0.5, 0.6) is 0 Å². The average Bonchev–Trinajstić information content (AvgIpc) is 2.44. The third-order valence-electron chi connectivity index (χ3n) is 3.52. The molecule has 0 N–H and O–H groups in total. The molecule has 0 radical (unpaired) electrons. The Balaban J connectivity index is 2.34. The van der Waals surface area contributed by atoms with Crippen molar-refractivity contribution < 1.29 is 14.5 Å². The highest BCUT2D eigenvalue weighted by Crippen LogP contribution is 2.33. The molecule has 2 aromatic rings. The molecule has 1 aliphatic carbocycles. The summed E-state index contributed by atoms with van der Waals surface area (Å²) in [6.07, 6.45) is 0. The molecule has 0 aromatic heterocycles. The minimum atomic E-state index is -0.548. The number of carbonyl (C=O) groups excluding carboxylic acids is 2. The molecule has 20 heavy (non-hydrogen) atoms. The van der Waals surface area contributed by atoms with Gasteiger partial charge in [0.1, 0.15) is 0 Å². The summed E-state index contributed by atoms with van der Waals surface area (Å²) in [5.74, 6) is -0.607. The van der Waals surface area contributed by atoms with E-state index in [0.717, 1.165) is 0 Å². The minimum Gasteiger partial charge on any atom is -0.289 e. The van der Waals surface area contributed by atoms with Crippen LogP contribution in [0.1, 0.15) is 37.4 Å². The van der Waals surface area contributed by atoms with E-state index in [1.807, 2.05) is 0 Å². The van der Waals surface area contributed by atoms with Crippen molar-refractivity contribution in [2.24, 2.45) is 0 Å². The number of nitrogens with zero attached hydrogens (tertiary/aromatic N) is 1. The van der Waals surface area contributed by atoms with Gasteiger partial charge in [0.2, 0.25) is 0 Å². The Morgan fingerprint density at radius 2 is 1.50 bits per heavy atom. The van der Waals surface area contributed by atoms with Crippen molar-refractivity contribution in [2.45, 2.75) is 6.92 Å². The summed E-state index contributed by atoms with van der Waals surface area (Å²) in [5.41, 5.74) is 1.11. The molecule has 98 valence electrons. The Bertz CT molecular complexity index is 792. The number of hydrogen-bond donors (Lipinski definition) is 0. The highest BCUT2D eigenvalue weighted by Gasteiger charge is 2.33. The Morgan fingerprint density at radius 3 is 2.10 bits per heavy atom. The van der Waals surface area contributed by atoms with Crippen molar-refractivity contribution >= 4 is 17.3 Å².